The van der Waals surface area contributed by atoms with E-state index in [0.29, 0.717) is 5.92 Å². The van der Waals surface area contributed by atoms with Crippen molar-refractivity contribution in [3.8, 4) is 0 Å². The highest BCUT2D eigenvalue weighted by Gasteiger charge is 2.51. The molecule has 4 atom stereocenters. The van der Waals surface area contributed by atoms with Gasteiger partial charge in [0.1, 0.15) is 0 Å². The molecule has 0 aliphatic heterocycles. The zero-order valence-electron chi connectivity index (χ0n) is 16.0. The minimum Gasteiger partial charge on any atom is -0.481 e. The van der Waals surface area contributed by atoms with Crippen LogP contribution in [0.5, 0.6) is 0 Å². The fourth-order valence-electron chi connectivity index (χ4n) is 5.28. The molecule has 2 bridgehead atoms. The first-order chi connectivity index (χ1) is 13.0. The zero-order valence-corrected chi connectivity index (χ0v) is 16.0. The van der Waals surface area contributed by atoms with Crippen molar-refractivity contribution >= 4 is 23.9 Å². The largest absolute Gasteiger partial charge is 0.481 e. The second-order valence-electron chi connectivity index (χ2n) is 8.40. The third kappa shape index (κ3) is 4.20. The molecule has 3 aliphatic carbocycles. The normalized spacial score (nSPS) is 28.0. The number of carbonyl (C=O) groups is 4. The van der Waals surface area contributed by atoms with Gasteiger partial charge in [0.05, 0.1) is 17.8 Å². The zero-order chi connectivity index (χ0) is 21.2. The molecule has 0 radical (unpaired) electrons. The predicted octanol–water partition coefficient (Wildman–Crippen LogP) is 2.73. The van der Waals surface area contributed by atoms with E-state index in [1.807, 2.05) is 0 Å². The average molecular weight is 396 g/mol. The first-order valence-electron chi connectivity index (χ1n) is 9.60. The maximum absolute atomic E-state index is 12.1. The van der Waals surface area contributed by atoms with E-state index in [1.165, 1.54) is 0 Å². The Hall–Kier alpha value is -2.38. The van der Waals surface area contributed by atoms with Crippen molar-refractivity contribution in [2.24, 2.45) is 35.0 Å². The molecule has 0 aromatic carbocycles. The monoisotopic (exact) mass is 396 g/mol. The van der Waals surface area contributed by atoms with E-state index in [0.717, 1.165) is 38.5 Å². The number of hydrogen-bond acceptors (Lipinski definition) is 4. The molecule has 4 unspecified atom stereocenters. The van der Waals surface area contributed by atoms with E-state index in [1.54, 1.807) is 6.92 Å². The lowest BCUT2D eigenvalue weighted by Crippen LogP contribution is -2.47. The van der Waals surface area contributed by atoms with Crippen LogP contribution in [0.4, 0.5) is 0 Å². The summed E-state index contributed by atoms with van der Waals surface area (Å²) in [6.45, 7) is 4.99. The van der Waals surface area contributed by atoms with Gasteiger partial charge in [-0.3, -0.25) is 14.4 Å². The number of rotatable bonds is 10. The van der Waals surface area contributed by atoms with Crippen LogP contribution >= 0.6 is 0 Å². The lowest BCUT2D eigenvalue weighted by molar-refractivity contribution is -0.162. The summed E-state index contributed by atoms with van der Waals surface area (Å²) in [6, 6.07) is 0. The second-order valence-corrected chi connectivity index (χ2v) is 8.40. The van der Waals surface area contributed by atoms with Gasteiger partial charge in [-0.05, 0) is 62.2 Å². The molecule has 3 aliphatic rings. The third-order valence-electron chi connectivity index (χ3n) is 7.17. The van der Waals surface area contributed by atoms with Gasteiger partial charge in [0.2, 0.25) is 0 Å². The highest BCUT2D eigenvalue weighted by Crippen LogP contribution is 2.57. The minimum absolute atomic E-state index is 0.256. The molecule has 0 heterocycles. The van der Waals surface area contributed by atoms with Gasteiger partial charge in [-0.25, -0.2) is 4.79 Å². The molecule has 3 fully saturated rings. The van der Waals surface area contributed by atoms with Crippen molar-refractivity contribution < 1.29 is 39.6 Å². The number of hydrogen-bond donors (Lipinski definition) is 4. The summed E-state index contributed by atoms with van der Waals surface area (Å²) in [5.74, 6) is -10.0. The number of carboxylic acid groups (broad SMARTS) is 4. The molecule has 0 amide bonds. The van der Waals surface area contributed by atoms with Gasteiger partial charge in [0, 0.05) is 5.57 Å². The molecule has 4 N–H and O–H groups in total. The van der Waals surface area contributed by atoms with Crippen molar-refractivity contribution in [1.82, 2.24) is 0 Å². The SMILES string of the molecule is C=C(C(=O)O)C(CC(C(=O)O)C(C(=O)O)C(C)C12CCC(CC1)CC2)C(=O)O. The molecule has 28 heavy (non-hydrogen) atoms. The number of aliphatic carboxylic acids is 4. The molecule has 3 rings (SSSR count). The molecular formula is C20H28O8. The molecule has 8 heteroatoms. The Bertz CT molecular complexity index is 660. The summed E-state index contributed by atoms with van der Waals surface area (Å²) in [5, 5.41) is 38.0. The average Bonchev–Trinajstić information content (AvgIpc) is 2.64. The standard InChI is InChI=1S/C20H28O8/c1-10(16(21)22)13(17(23)24)9-14(18(25)26)15(19(27)28)11(2)20-6-3-12(4-7-20)5-8-20/h11-15H,1,3-9H2,2H3,(H,21,22)(H,23,24)(H,25,26)(H,27,28). The second kappa shape index (κ2) is 8.32. The fourth-order valence-corrected chi connectivity index (χ4v) is 5.28. The Balaban J connectivity index is 2.34. The highest BCUT2D eigenvalue weighted by atomic mass is 16.4. The molecule has 3 saturated carbocycles. The van der Waals surface area contributed by atoms with Gasteiger partial charge in [-0.15, -0.1) is 0 Å². The van der Waals surface area contributed by atoms with Gasteiger partial charge >= 0.3 is 23.9 Å². The Morgan fingerprint density at radius 1 is 0.929 bits per heavy atom. The Morgan fingerprint density at radius 3 is 1.79 bits per heavy atom. The molecule has 0 spiro atoms. The maximum Gasteiger partial charge on any atom is 0.331 e. The molecule has 156 valence electrons. The van der Waals surface area contributed by atoms with Crippen molar-refractivity contribution in [3.05, 3.63) is 12.2 Å². The van der Waals surface area contributed by atoms with Crippen LogP contribution in [0.2, 0.25) is 0 Å². The Labute approximate surface area is 163 Å². The van der Waals surface area contributed by atoms with Gasteiger partial charge < -0.3 is 20.4 Å². The molecular weight excluding hydrogens is 368 g/mol. The highest BCUT2D eigenvalue weighted by molar-refractivity contribution is 5.93. The lowest BCUT2D eigenvalue weighted by atomic mass is 9.52. The Morgan fingerprint density at radius 2 is 1.43 bits per heavy atom. The maximum atomic E-state index is 12.1. The van der Waals surface area contributed by atoms with Crippen LogP contribution in [0.1, 0.15) is 51.9 Å². The summed E-state index contributed by atoms with van der Waals surface area (Å²) in [7, 11) is 0. The van der Waals surface area contributed by atoms with Gasteiger partial charge in [0.25, 0.3) is 0 Å². The van der Waals surface area contributed by atoms with Crippen molar-refractivity contribution in [3.63, 3.8) is 0 Å². The summed E-state index contributed by atoms with van der Waals surface area (Å²) in [4.78, 5) is 46.7. The van der Waals surface area contributed by atoms with E-state index in [4.69, 9.17) is 5.11 Å². The number of fused-ring (bicyclic) bond motifs is 3. The molecule has 8 nitrogen and oxygen atoms in total. The van der Waals surface area contributed by atoms with E-state index in [9.17, 15) is 34.5 Å². The fraction of sp³-hybridized carbons (Fsp3) is 0.700. The number of carboxylic acids is 4. The first kappa shape index (κ1) is 21.9. The van der Waals surface area contributed by atoms with E-state index >= 15 is 0 Å². The summed E-state index contributed by atoms with van der Waals surface area (Å²) < 4.78 is 0. The predicted molar refractivity (Wildman–Crippen MR) is 97.6 cm³/mol. The van der Waals surface area contributed by atoms with Gasteiger partial charge in [-0.2, -0.15) is 0 Å². The topological polar surface area (TPSA) is 149 Å². The molecule has 0 aromatic rings. The van der Waals surface area contributed by atoms with Crippen LogP contribution in [-0.4, -0.2) is 44.3 Å². The van der Waals surface area contributed by atoms with E-state index < -0.39 is 59.5 Å². The molecule has 0 aromatic heterocycles. The van der Waals surface area contributed by atoms with Gasteiger partial charge in [0.15, 0.2) is 0 Å². The first-order valence-corrected chi connectivity index (χ1v) is 9.60. The summed E-state index contributed by atoms with van der Waals surface area (Å²) in [6.07, 6.45) is 4.93. The third-order valence-corrected chi connectivity index (χ3v) is 7.17. The van der Waals surface area contributed by atoms with Crippen LogP contribution in [0.15, 0.2) is 12.2 Å². The minimum atomic E-state index is -1.66. The van der Waals surface area contributed by atoms with Crippen molar-refractivity contribution in [1.29, 1.82) is 0 Å². The van der Waals surface area contributed by atoms with Crippen LogP contribution in [0, 0.1) is 35.0 Å². The quantitative estimate of drug-likeness (QED) is 0.412. The summed E-state index contributed by atoms with van der Waals surface area (Å²) in [5.41, 5.74) is -0.902. The van der Waals surface area contributed by atoms with Crippen LogP contribution in [0.25, 0.3) is 0 Å². The van der Waals surface area contributed by atoms with Crippen molar-refractivity contribution in [2.75, 3.05) is 0 Å². The van der Waals surface area contributed by atoms with Crippen LogP contribution in [0.3, 0.4) is 0 Å². The van der Waals surface area contributed by atoms with E-state index in [2.05, 4.69) is 6.58 Å². The van der Waals surface area contributed by atoms with Crippen LogP contribution < -0.4 is 0 Å². The Kier molecular flexibility index (Phi) is 6.52. The lowest BCUT2D eigenvalue weighted by Gasteiger charge is -2.52. The van der Waals surface area contributed by atoms with Crippen LogP contribution in [-0.2, 0) is 19.2 Å². The molecule has 0 saturated heterocycles. The van der Waals surface area contributed by atoms with Crippen molar-refractivity contribution in [2.45, 2.75) is 51.9 Å². The smallest absolute Gasteiger partial charge is 0.331 e. The van der Waals surface area contributed by atoms with E-state index in [-0.39, 0.29) is 5.41 Å². The summed E-state index contributed by atoms with van der Waals surface area (Å²) >= 11 is 0. The van der Waals surface area contributed by atoms with Gasteiger partial charge in [-0.1, -0.05) is 13.5 Å².